The first kappa shape index (κ1) is 13.2. The molecule has 3 aromatic rings. The van der Waals surface area contributed by atoms with E-state index in [1.807, 2.05) is 23.6 Å². The summed E-state index contributed by atoms with van der Waals surface area (Å²) in [4.78, 5) is 4.42. The van der Waals surface area contributed by atoms with Gasteiger partial charge in [0.25, 0.3) is 0 Å². The Morgan fingerprint density at radius 2 is 2.10 bits per heavy atom. The fourth-order valence-electron chi connectivity index (χ4n) is 2.44. The van der Waals surface area contributed by atoms with E-state index in [1.165, 1.54) is 0 Å². The molecule has 0 bridgehead atoms. The Morgan fingerprint density at radius 3 is 2.81 bits per heavy atom. The standard InChI is InChI=1S/C16H14N4O/c1-10-2-3-11(8-17)6-15(10)20-14-5-4-12(18)7-13(14)19-16(20)9-21/h2-7,21H,9,18H2,1H3. The van der Waals surface area contributed by atoms with Gasteiger partial charge in [0.05, 0.1) is 28.4 Å². The molecule has 5 heteroatoms. The lowest BCUT2D eigenvalue weighted by Crippen LogP contribution is -2.03. The number of anilines is 1. The van der Waals surface area contributed by atoms with Crippen molar-refractivity contribution in [3.8, 4) is 11.8 Å². The summed E-state index contributed by atoms with van der Waals surface area (Å²) in [6.07, 6.45) is 0. The Labute approximate surface area is 121 Å². The third-order valence-corrected chi connectivity index (χ3v) is 3.47. The molecule has 104 valence electrons. The number of aromatic nitrogens is 2. The van der Waals surface area contributed by atoms with Crippen LogP contribution in [0.15, 0.2) is 36.4 Å². The normalized spacial score (nSPS) is 10.7. The van der Waals surface area contributed by atoms with Crippen LogP contribution in [0, 0.1) is 18.3 Å². The number of rotatable bonds is 2. The van der Waals surface area contributed by atoms with Crippen molar-refractivity contribution in [3.05, 3.63) is 53.3 Å². The van der Waals surface area contributed by atoms with E-state index in [2.05, 4.69) is 11.1 Å². The molecule has 0 amide bonds. The minimum Gasteiger partial charge on any atom is -0.399 e. The van der Waals surface area contributed by atoms with E-state index in [-0.39, 0.29) is 6.61 Å². The zero-order valence-corrected chi connectivity index (χ0v) is 11.5. The van der Waals surface area contributed by atoms with Crippen molar-refractivity contribution < 1.29 is 5.11 Å². The molecule has 21 heavy (non-hydrogen) atoms. The molecule has 0 radical (unpaired) electrons. The van der Waals surface area contributed by atoms with Crippen LogP contribution in [0.3, 0.4) is 0 Å². The predicted octanol–water partition coefficient (Wildman–Crippen LogP) is 2.28. The summed E-state index contributed by atoms with van der Waals surface area (Å²) < 4.78 is 1.87. The van der Waals surface area contributed by atoms with Gasteiger partial charge in [-0.25, -0.2) is 4.98 Å². The van der Waals surface area contributed by atoms with Crippen LogP contribution < -0.4 is 5.73 Å². The highest BCUT2D eigenvalue weighted by atomic mass is 16.3. The van der Waals surface area contributed by atoms with Gasteiger partial charge in [-0.05, 0) is 42.8 Å². The van der Waals surface area contributed by atoms with Gasteiger partial charge < -0.3 is 10.8 Å². The summed E-state index contributed by atoms with van der Waals surface area (Å²) in [5, 5.41) is 18.7. The minimum atomic E-state index is -0.190. The Balaban J connectivity index is 2.36. The van der Waals surface area contributed by atoms with Gasteiger partial charge in [-0.2, -0.15) is 5.26 Å². The van der Waals surface area contributed by atoms with E-state index in [4.69, 9.17) is 11.0 Å². The Hall–Kier alpha value is -2.84. The van der Waals surface area contributed by atoms with E-state index in [1.54, 1.807) is 24.3 Å². The zero-order valence-electron chi connectivity index (χ0n) is 11.5. The number of nitrogens with zero attached hydrogens (tertiary/aromatic N) is 3. The summed E-state index contributed by atoms with van der Waals surface area (Å²) in [5.74, 6) is 0.522. The van der Waals surface area contributed by atoms with Crippen molar-refractivity contribution in [2.75, 3.05) is 5.73 Å². The van der Waals surface area contributed by atoms with Gasteiger partial charge in [-0.1, -0.05) is 6.07 Å². The number of hydrogen-bond donors (Lipinski definition) is 2. The summed E-state index contributed by atoms with van der Waals surface area (Å²) in [7, 11) is 0. The molecule has 0 aliphatic heterocycles. The maximum atomic E-state index is 9.59. The molecule has 3 rings (SSSR count). The smallest absolute Gasteiger partial charge is 0.140 e. The van der Waals surface area contributed by atoms with Crippen molar-refractivity contribution in [3.63, 3.8) is 0 Å². The zero-order chi connectivity index (χ0) is 15.0. The number of aliphatic hydroxyl groups excluding tert-OH is 1. The second kappa shape index (κ2) is 4.93. The number of hydrogen-bond acceptors (Lipinski definition) is 4. The third-order valence-electron chi connectivity index (χ3n) is 3.47. The van der Waals surface area contributed by atoms with E-state index in [9.17, 15) is 5.11 Å². The molecule has 0 saturated heterocycles. The first-order valence-electron chi connectivity index (χ1n) is 6.53. The summed E-state index contributed by atoms with van der Waals surface area (Å²) in [5.41, 5.74) is 10.4. The topological polar surface area (TPSA) is 87.9 Å². The number of nitriles is 1. The molecule has 0 spiro atoms. The van der Waals surface area contributed by atoms with Gasteiger partial charge in [-0.3, -0.25) is 4.57 Å². The minimum absolute atomic E-state index is 0.190. The van der Waals surface area contributed by atoms with Crippen molar-refractivity contribution in [2.24, 2.45) is 0 Å². The maximum absolute atomic E-state index is 9.59. The second-order valence-corrected chi connectivity index (χ2v) is 4.88. The highest BCUT2D eigenvalue weighted by Gasteiger charge is 2.14. The average Bonchev–Trinajstić information content (AvgIpc) is 2.85. The largest absolute Gasteiger partial charge is 0.399 e. The van der Waals surface area contributed by atoms with Crippen molar-refractivity contribution >= 4 is 16.7 Å². The molecule has 0 fully saturated rings. The van der Waals surface area contributed by atoms with Crippen LogP contribution in [0.5, 0.6) is 0 Å². The van der Waals surface area contributed by atoms with E-state index >= 15 is 0 Å². The van der Waals surface area contributed by atoms with Crippen LogP contribution in [0.1, 0.15) is 17.0 Å². The average molecular weight is 278 g/mol. The van der Waals surface area contributed by atoms with Crippen LogP contribution in [-0.2, 0) is 6.61 Å². The Kier molecular flexibility index (Phi) is 3.09. The third kappa shape index (κ3) is 2.12. The molecular formula is C16H14N4O. The van der Waals surface area contributed by atoms with Crippen LogP contribution in [-0.4, -0.2) is 14.7 Å². The molecule has 0 atom stereocenters. The maximum Gasteiger partial charge on any atom is 0.140 e. The number of nitrogens with two attached hydrogens (primary N) is 1. The van der Waals surface area contributed by atoms with Gasteiger partial charge in [0.2, 0.25) is 0 Å². The van der Waals surface area contributed by atoms with Gasteiger partial charge in [0, 0.05) is 5.69 Å². The van der Waals surface area contributed by atoms with Gasteiger partial charge in [0.15, 0.2) is 0 Å². The Morgan fingerprint density at radius 1 is 1.29 bits per heavy atom. The first-order chi connectivity index (χ1) is 10.1. The summed E-state index contributed by atoms with van der Waals surface area (Å²) in [6.45, 7) is 1.77. The quantitative estimate of drug-likeness (QED) is 0.704. The highest BCUT2D eigenvalue weighted by Crippen LogP contribution is 2.26. The number of fused-ring (bicyclic) bond motifs is 1. The molecule has 0 saturated carbocycles. The van der Waals surface area contributed by atoms with Crippen molar-refractivity contribution in [1.29, 1.82) is 5.26 Å². The van der Waals surface area contributed by atoms with Gasteiger partial charge in [-0.15, -0.1) is 0 Å². The summed E-state index contributed by atoms with van der Waals surface area (Å²) in [6, 6.07) is 13.0. The molecule has 5 nitrogen and oxygen atoms in total. The van der Waals surface area contributed by atoms with Crippen LogP contribution in [0.4, 0.5) is 5.69 Å². The molecule has 1 heterocycles. The fraction of sp³-hybridized carbons (Fsp3) is 0.125. The van der Waals surface area contributed by atoms with Crippen LogP contribution >= 0.6 is 0 Å². The number of aliphatic hydroxyl groups is 1. The van der Waals surface area contributed by atoms with E-state index in [0.29, 0.717) is 17.1 Å². The number of nitrogen functional groups attached to an aromatic ring is 1. The monoisotopic (exact) mass is 278 g/mol. The SMILES string of the molecule is Cc1ccc(C#N)cc1-n1c(CO)nc2cc(N)ccc21. The fourth-order valence-corrected chi connectivity index (χ4v) is 2.44. The lowest BCUT2D eigenvalue weighted by atomic mass is 10.1. The van der Waals surface area contributed by atoms with Crippen LogP contribution in [0.25, 0.3) is 16.7 Å². The first-order valence-corrected chi connectivity index (χ1v) is 6.53. The Bertz CT molecular complexity index is 874. The predicted molar refractivity (Wildman–Crippen MR) is 80.9 cm³/mol. The number of aryl methyl sites for hydroxylation is 1. The second-order valence-electron chi connectivity index (χ2n) is 4.88. The van der Waals surface area contributed by atoms with E-state index in [0.717, 1.165) is 22.3 Å². The van der Waals surface area contributed by atoms with Gasteiger partial charge in [0.1, 0.15) is 12.4 Å². The van der Waals surface area contributed by atoms with Crippen molar-refractivity contribution in [1.82, 2.24) is 9.55 Å². The van der Waals surface area contributed by atoms with Gasteiger partial charge >= 0.3 is 0 Å². The highest BCUT2D eigenvalue weighted by molar-refractivity contribution is 5.82. The lowest BCUT2D eigenvalue weighted by Gasteiger charge is -2.11. The molecule has 3 N–H and O–H groups in total. The summed E-state index contributed by atoms with van der Waals surface area (Å²) >= 11 is 0. The molecule has 1 aromatic heterocycles. The number of imidazole rings is 1. The lowest BCUT2D eigenvalue weighted by molar-refractivity contribution is 0.270. The number of benzene rings is 2. The molecule has 0 aliphatic carbocycles. The van der Waals surface area contributed by atoms with Crippen LogP contribution in [0.2, 0.25) is 0 Å². The molecule has 0 aliphatic rings. The van der Waals surface area contributed by atoms with E-state index < -0.39 is 0 Å². The molecule has 2 aromatic carbocycles. The van der Waals surface area contributed by atoms with Crippen molar-refractivity contribution in [2.45, 2.75) is 13.5 Å². The molecule has 0 unspecified atom stereocenters. The molecular weight excluding hydrogens is 264 g/mol.